The lowest BCUT2D eigenvalue weighted by atomic mass is 10.0. The van der Waals surface area contributed by atoms with Crippen LogP contribution in [0.1, 0.15) is 284 Å². The van der Waals surface area contributed by atoms with Crippen molar-refractivity contribution < 1.29 is 28.6 Å². The third kappa shape index (κ3) is 62.4. The zero-order valence-electron chi connectivity index (χ0n) is 50.6. The van der Waals surface area contributed by atoms with Crippen molar-refractivity contribution in [2.45, 2.75) is 290 Å². The van der Waals surface area contributed by atoms with Gasteiger partial charge in [-0.2, -0.15) is 0 Å². The van der Waals surface area contributed by atoms with E-state index in [9.17, 15) is 14.4 Å². The first kappa shape index (κ1) is 73.5. The minimum atomic E-state index is -0.808. The number of unbranched alkanes of at least 4 members (excludes halogenated alkanes) is 24. The van der Waals surface area contributed by atoms with Gasteiger partial charge in [0.15, 0.2) is 6.10 Å². The number of hydrogen-bond acceptors (Lipinski definition) is 6. The van der Waals surface area contributed by atoms with Gasteiger partial charge >= 0.3 is 17.9 Å². The molecule has 0 rings (SSSR count). The molecular formula is C72H118O6. The van der Waals surface area contributed by atoms with E-state index in [-0.39, 0.29) is 31.1 Å². The fourth-order valence-corrected chi connectivity index (χ4v) is 8.65. The highest BCUT2D eigenvalue weighted by atomic mass is 16.6. The molecule has 0 aromatic carbocycles. The van der Waals surface area contributed by atoms with E-state index in [2.05, 4.69) is 154 Å². The Bertz CT molecular complexity index is 1670. The molecule has 0 aromatic heterocycles. The first-order valence-electron chi connectivity index (χ1n) is 32.2. The first-order chi connectivity index (χ1) is 38.5. The van der Waals surface area contributed by atoms with Crippen LogP contribution in [-0.2, 0) is 28.6 Å². The zero-order valence-corrected chi connectivity index (χ0v) is 50.6. The molecule has 0 aromatic rings. The molecule has 0 amide bonds. The summed E-state index contributed by atoms with van der Waals surface area (Å²) in [6.45, 7) is 6.38. The van der Waals surface area contributed by atoms with Crippen molar-refractivity contribution >= 4 is 17.9 Å². The smallest absolute Gasteiger partial charge is 0.306 e. The van der Waals surface area contributed by atoms with Gasteiger partial charge in [-0.3, -0.25) is 14.4 Å². The van der Waals surface area contributed by atoms with Crippen LogP contribution in [0.25, 0.3) is 0 Å². The molecule has 1 atom stereocenters. The fraction of sp³-hybridized carbons (Fsp3) is 0.653. The lowest BCUT2D eigenvalue weighted by molar-refractivity contribution is -0.167. The van der Waals surface area contributed by atoms with Gasteiger partial charge in [0.05, 0.1) is 0 Å². The Labute approximate surface area is 481 Å². The van der Waals surface area contributed by atoms with E-state index in [0.717, 1.165) is 148 Å². The second-order valence-corrected chi connectivity index (χ2v) is 20.9. The van der Waals surface area contributed by atoms with Gasteiger partial charge in [0.1, 0.15) is 13.2 Å². The number of rotatable bonds is 57. The highest BCUT2D eigenvalue weighted by Gasteiger charge is 2.19. The Kier molecular flexibility index (Phi) is 61.4. The Hall–Kier alpha value is -4.45. The molecule has 0 heterocycles. The number of esters is 3. The van der Waals surface area contributed by atoms with Gasteiger partial charge in [0.2, 0.25) is 0 Å². The maximum Gasteiger partial charge on any atom is 0.306 e. The summed E-state index contributed by atoms with van der Waals surface area (Å²) in [5, 5.41) is 0. The molecular weight excluding hydrogens is 961 g/mol. The second kappa shape index (κ2) is 65.1. The van der Waals surface area contributed by atoms with E-state index in [1.165, 1.54) is 96.3 Å². The van der Waals surface area contributed by atoms with Crippen LogP contribution < -0.4 is 0 Å². The molecule has 1 unspecified atom stereocenters. The maximum absolute atomic E-state index is 12.9. The van der Waals surface area contributed by atoms with Gasteiger partial charge in [-0.05, 0) is 116 Å². The quantitative estimate of drug-likeness (QED) is 0.0261. The standard InChI is InChI=1S/C72H118O6/c1-4-7-10-13-16-19-22-25-28-30-32-33-34-35-36-37-38-39-40-42-44-47-50-53-56-59-62-65-71(74)77-68-69(67-76-70(73)64-61-58-55-52-49-46-43-27-24-21-18-15-12-9-6-3)78-72(75)66-63-60-57-54-51-48-45-41-31-29-26-23-20-17-14-11-8-5-2/h7,9-10,12,16,18-19,21,25,27-28,32-33,35-36,38-39,42-44,49,52,69H,4-6,8,11,13-15,17,20,22-24,26,29-31,34,37,40-41,45-48,50-51,53-68H2,1-3H3/b10-7-,12-9-,19-16-,21-18-,28-25-,33-32-,36-35-,39-38-,43-27-,44-42-,52-49-. The van der Waals surface area contributed by atoms with Crippen LogP contribution in [0, 0.1) is 0 Å². The summed E-state index contributed by atoms with van der Waals surface area (Å²) in [7, 11) is 0. The summed E-state index contributed by atoms with van der Waals surface area (Å²) in [6, 6.07) is 0. The Morgan fingerprint density at radius 3 is 0.808 bits per heavy atom. The topological polar surface area (TPSA) is 78.9 Å². The molecule has 0 bridgehead atoms. The van der Waals surface area contributed by atoms with Gasteiger partial charge in [-0.15, -0.1) is 0 Å². The van der Waals surface area contributed by atoms with Crippen molar-refractivity contribution in [3.8, 4) is 0 Å². The SMILES string of the molecule is CC/C=C\C/C=C\C/C=C\C/C=C\C/C=C\C/C=C\C/C=C\CCCCCCCC(=O)OCC(COC(=O)CCCC/C=C\C/C=C\C/C=C\C/C=C\CC)OC(=O)CCCCCCCCCCCCCCCCCCCC. The van der Waals surface area contributed by atoms with Crippen molar-refractivity contribution in [1.29, 1.82) is 0 Å². The van der Waals surface area contributed by atoms with Crippen molar-refractivity contribution in [1.82, 2.24) is 0 Å². The van der Waals surface area contributed by atoms with Crippen LogP contribution in [0.15, 0.2) is 134 Å². The van der Waals surface area contributed by atoms with Crippen molar-refractivity contribution in [3.05, 3.63) is 134 Å². The van der Waals surface area contributed by atoms with E-state index in [1.54, 1.807) is 0 Å². The summed E-state index contributed by atoms with van der Waals surface area (Å²) in [5.74, 6) is -0.958. The normalized spacial score (nSPS) is 13.0. The van der Waals surface area contributed by atoms with E-state index in [1.807, 2.05) is 0 Å². The minimum absolute atomic E-state index is 0.103. The van der Waals surface area contributed by atoms with Crippen LogP contribution >= 0.6 is 0 Å². The average molecular weight is 1080 g/mol. The Balaban J connectivity index is 4.43. The van der Waals surface area contributed by atoms with E-state index >= 15 is 0 Å². The Morgan fingerprint density at radius 1 is 0.269 bits per heavy atom. The van der Waals surface area contributed by atoms with Crippen molar-refractivity contribution in [3.63, 3.8) is 0 Å². The third-order valence-corrected chi connectivity index (χ3v) is 13.4. The highest BCUT2D eigenvalue weighted by Crippen LogP contribution is 2.16. The third-order valence-electron chi connectivity index (χ3n) is 13.4. The maximum atomic E-state index is 12.9. The predicted octanol–water partition coefficient (Wildman–Crippen LogP) is 22.2. The Morgan fingerprint density at radius 2 is 0.500 bits per heavy atom. The summed E-state index contributed by atoms with van der Waals surface area (Å²) in [6.07, 6.45) is 91.7. The summed E-state index contributed by atoms with van der Waals surface area (Å²) in [5.41, 5.74) is 0. The fourth-order valence-electron chi connectivity index (χ4n) is 8.65. The molecule has 0 N–H and O–H groups in total. The first-order valence-corrected chi connectivity index (χ1v) is 32.2. The summed E-state index contributed by atoms with van der Waals surface area (Å²) >= 11 is 0. The average Bonchev–Trinajstić information content (AvgIpc) is 3.44. The number of ether oxygens (including phenoxy) is 3. The van der Waals surface area contributed by atoms with Crippen molar-refractivity contribution in [2.75, 3.05) is 13.2 Å². The predicted molar refractivity (Wildman–Crippen MR) is 339 cm³/mol. The van der Waals surface area contributed by atoms with Crippen molar-refractivity contribution in [2.24, 2.45) is 0 Å². The van der Waals surface area contributed by atoms with Gasteiger partial charge in [-0.25, -0.2) is 0 Å². The van der Waals surface area contributed by atoms with Gasteiger partial charge < -0.3 is 14.2 Å². The minimum Gasteiger partial charge on any atom is -0.462 e. The molecule has 0 aliphatic heterocycles. The van der Waals surface area contributed by atoms with Crippen LogP contribution in [0.4, 0.5) is 0 Å². The van der Waals surface area contributed by atoms with E-state index in [4.69, 9.17) is 14.2 Å². The van der Waals surface area contributed by atoms with Crippen LogP contribution in [0.3, 0.4) is 0 Å². The highest BCUT2D eigenvalue weighted by molar-refractivity contribution is 5.71. The molecule has 0 radical (unpaired) electrons. The van der Waals surface area contributed by atoms with Crippen LogP contribution in [-0.4, -0.2) is 37.2 Å². The number of carbonyl (C=O) groups excluding carboxylic acids is 3. The number of hydrogen-bond donors (Lipinski definition) is 0. The largest absolute Gasteiger partial charge is 0.462 e. The molecule has 0 spiro atoms. The van der Waals surface area contributed by atoms with Crippen LogP contribution in [0.5, 0.6) is 0 Å². The molecule has 6 nitrogen and oxygen atoms in total. The number of allylic oxidation sites excluding steroid dienone is 22. The molecule has 6 heteroatoms. The second-order valence-electron chi connectivity index (χ2n) is 20.9. The molecule has 0 aliphatic rings. The lowest BCUT2D eigenvalue weighted by Crippen LogP contribution is -2.30. The number of carbonyl (C=O) groups is 3. The summed E-state index contributed by atoms with van der Waals surface area (Å²) < 4.78 is 16.9. The molecule has 0 saturated carbocycles. The van der Waals surface area contributed by atoms with Gasteiger partial charge in [-0.1, -0.05) is 283 Å². The molecule has 0 fully saturated rings. The summed E-state index contributed by atoms with van der Waals surface area (Å²) in [4.78, 5) is 38.3. The molecule has 442 valence electrons. The lowest BCUT2D eigenvalue weighted by Gasteiger charge is -2.18. The van der Waals surface area contributed by atoms with Gasteiger partial charge in [0, 0.05) is 19.3 Å². The molecule has 0 aliphatic carbocycles. The molecule has 78 heavy (non-hydrogen) atoms. The van der Waals surface area contributed by atoms with Gasteiger partial charge in [0.25, 0.3) is 0 Å². The monoisotopic (exact) mass is 1080 g/mol. The van der Waals surface area contributed by atoms with E-state index in [0.29, 0.717) is 19.3 Å². The van der Waals surface area contributed by atoms with E-state index < -0.39 is 6.10 Å². The zero-order chi connectivity index (χ0) is 56.4. The van der Waals surface area contributed by atoms with Crippen LogP contribution in [0.2, 0.25) is 0 Å². The molecule has 0 saturated heterocycles.